The lowest BCUT2D eigenvalue weighted by atomic mass is 10.0. The summed E-state index contributed by atoms with van der Waals surface area (Å²) >= 11 is 0. The maximum atomic E-state index is 4.41. The van der Waals surface area contributed by atoms with Gasteiger partial charge in [0.15, 0.2) is 5.65 Å². The van der Waals surface area contributed by atoms with E-state index < -0.39 is 0 Å². The summed E-state index contributed by atoms with van der Waals surface area (Å²) in [7, 11) is 0. The molecule has 0 amide bonds. The molecule has 4 rings (SSSR count). The number of rotatable bonds is 2. The van der Waals surface area contributed by atoms with Gasteiger partial charge in [0.25, 0.3) is 0 Å². The lowest BCUT2D eigenvalue weighted by molar-refractivity contribution is 0.903. The number of hydrogen-bond donors (Lipinski definition) is 0. The lowest BCUT2D eigenvalue weighted by Crippen LogP contribution is -2.02. The molecule has 0 radical (unpaired) electrons. The molecule has 0 N–H and O–H groups in total. The van der Waals surface area contributed by atoms with E-state index in [1.807, 2.05) is 59.1 Å². The number of aromatic nitrogens is 4. The summed E-state index contributed by atoms with van der Waals surface area (Å²) in [4.78, 5) is 0. The van der Waals surface area contributed by atoms with Crippen molar-refractivity contribution in [3.8, 4) is 22.5 Å². The van der Waals surface area contributed by atoms with Gasteiger partial charge in [0.1, 0.15) is 11.4 Å². The molecule has 0 atom stereocenters. The van der Waals surface area contributed by atoms with Gasteiger partial charge < -0.3 is 0 Å². The van der Waals surface area contributed by atoms with Crippen LogP contribution in [0.2, 0.25) is 0 Å². The van der Waals surface area contributed by atoms with Crippen LogP contribution in [-0.2, 0) is 0 Å². The van der Waals surface area contributed by atoms with Crippen molar-refractivity contribution in [2.75, 3.05) is 0 Å². The van der Waals surface area contributed by atoms with Crippen LogP contribution in [0.25, 0.3) is 28.2 Å². The van der Waals surface area contributed by atoms with Crippen LogP contribution in [-0.4, -0.2) is 19.8 Å². The lowest BCUT2D eigenvalue weighted by Gasteiger charge is -2.10. The Bertz CT molecular complexity index is 882. The van der Waals surface area contributed by atoms with Gasteiger partial charge in [-0.15, -0.1) is 10.2 Å². The molecule has 2 aromatic carbocycles. The van der Waals surface area contributed by atoms with Crippen molar-refractivity contribution in [2.45, 2.75) is 0 Å². The van der Waals surface area contributed by atoms with E-state index in [9.17, 15) is 0 Å². The molecule has 0 aliphatic heterocycles. The number of hydrogen-bond acceptors (Lipinski definition) is 3. The van der Waals surface area contributed by atoms with Crippen LogP contribution in [0.3, 0.4) is 0 Å². The van der Waals surface area contributed by atoms with Gasteiger partial charge in [0.2, 0.25) is 0 Å². The summed E-state index contributed by atoms with van der Waals surface area (Å²) < 4.78 is 1.84. The minimum Gasteiger partial charge on any atom is -0.211 e. The highest BCUT2D eigenvalue weighted by Crippen LogP contribution is 2.29. The Morgan fingerprint density at radius 3 is 2.05 bits per heavy atom. The van der Waals surface area contributed by atoms with E-state index in [1.54, 1.807) is 6.20 Å². The molecule has 4 heteroatoms. The van der Waals surface area contributed by atoms with Crippen LogP contribution in [0, 0.1) is 0 Å². The fourth-order valence-corrected chi connectivity index (χ4v) is 2.44. The van der Waals surface area contributed by atoms with Gasteiger partial charge in [0, 0.05) is 17.2 Å². The van der Waals surface area contributed by atoms with Crippen LogP contribution in [0.15, 0.2) is 72.9 Å². The Morgan fingerprint density at radius 1 is 0.667 bits per heavy atom. The van der Waals surface area contributed by atoms with Crippen LogP contribution < -0.4 is 0 Å². The Hall–Kier alpha value is -3.01. The summed E-state index contributed by atoms with van der Waals surface area (Å²) in [6.07, 6.45) is 1.74. The van der Waals surface area contributed by atoms with E-state index in [0.29, 0.717) is 0 Å². The smallest absolute Gasteiger partial charge is 0.177 e. The molecule has 21 heavy (non-hydrogen) atoms. The van der Waals surface area contributed by atoms with Gasteiger partial charge in [-0.1, -0.05) is 60.7 Å². The molecular formula is C17H12N4. The fraction of sp³-hybridized carbons (Fsp3) is 0. The zero-order valence-electron chi connectivity index (χ0n) is 11.2. The third-order valence-electron chi connectivity index (χ3n) is 3.41. The first-order valence-electron chi connectivity index (χ1n) is 6.75. The van der Waals surface area contributed by atoms with Gasteiger partial charge in [-0.3, -0.25) is 0 Å². The molecule has 0 fully saturated rings. The molecule has 0 unspecified atom stereocenters. The number of fused-ring (bicyclic) bond motifs is 1. The van der Waals surface area contributed by atoms with Crippen molar-refractivity contribution < 1.29 is 0 Å². The van der Waals surface area contributed by atoms with Crippen molar-refractivity contribution in [3.63, 3.8) is 0 Å². The summed E-state index contributed by atoms with van der Waals surface area (Å²) in [6.45, 7) is 0. The Balaban J connectivity index is 2.08. The minimum absolute atomic E-state index is 0.744. The average Bonchev–Trinajstić information content (AvgIpc) is 3.04. The van der Waals surface area contributed by atoms with Crippen LogP contribution >= 0.6 is 0 Å². The first-order valence-corrected chi connectivity index (χ1v) is 6.75. The maximum Gasteiger partial charge on any atom is 0.177 e. The van der Waals surface area contributed by atoms with E-state index >= 15 is 0 Å². The second-order valence-corrected chi connectivity index (χ2v) is 4.73. The Kier molecular flexibility index (Phi) is 2.71. The van der Waals surface area contributed by atoms with E-state index in [4.69, 9.17) is 0 Å². The molecule has 0 aliphatic carbocycles. The quantitative estimate of drug-likeness (QED) is 0.561. The Labute approximate surface area is 121 Å². The highest BCUT2D eigenvalue weighted by atomic mass is 15.3. The third kappa shape index (κ3) is 1.97. The molecule has 0 spiro atoms. The summed E-state index contributed by atoms with van der Waals surface area (Å²) in [5.41, 5.74) is 4.63. The molecule has 2 heterocycles. The monoisotopic (exact) mass is 272 g/mol. The SMILES string of the molecule is c1ccc(-c2nnc3ccnn3c2-c2ccccc2)cc1. The average molecular weight is 272 g/mol. The van der Waals surface area contributed by atoms with Crippen molar-refractivity contribution in [2.24, 2.45) is 0 Å². The normalized spacial score (nSPS) is 10.9. The van der Waals surface area contributed by atoms with E-state index in [1.165, 1.54) is 0 Å². The first kappa shape index (κ1) is 11.8. The summed E-state index contributed by atoms with van der Waals surface area (Å²) in [6, 6.07) is 22.1. The highest BCUT2D eigenvalue weighted by molar-refractivity contribution is 5.78. The minimum atomic E-state index is 0.744. The molecule has 4 aromatic rings. The van der Waals surface area contributed by atoms with Gasteiger partial charge in [-0.2, -0.15) is 5.10 Å². The van der Waals surface area contributed by atoms with Crippen molar-refractivity contribution in [3.05, 3.63) is 72.9 Å². The van der Waals surface area contributed by atoms with Crippen LogP contribution in [0.4, 0.5) is 0 Å². The number of nitrogens with zero attached hydrogens (tertiary/aromatic N) is 4. The predicted molar refractivity (Wildman–Crippen MR) is 81.7 cm³/mol. The molecule has 100 valence electrons. The summed E-state index contributed by atoms with van der Waals surface area (Å²) in [5.74, 6) is 0. The van der Waals surface area contributed by atoms with Crippen molar-refractivity contribution in [1.82, 2.24) is 19.8 Å². The van der Waals surface area contributed by atoms with Gasteiger partial charge in [-0.05, 0) is 0 Å². The highest BCUT2D eigenvalue weighted by Gasteiger charge is 2.14. The van der Waals surface area contributed by atoms with E-state index in [0.717, 1.165) is 28.2 Å². The molecule has 0 bridgehead atoms. The van der Waals surface area contributed by atoms with E-state index in [-0.39, 0.29) is 0 Å². The zero-order chi connectivity index (χ0) is 14.1. The second kappa shape index (κ2) is 4.83. The van der Waals surface area contributed by atoms with E-state index in [2.05, 4.69) is 27.4 Å². The fourth-order valence-electron chi connectivity index (χ4n) is 2.44. The van der Waals surface area contributed by atoms with Gasteiger partial charge in [-0.25, -0.2) is 4.52 Å². The zero-order valence-corrected chi connectivity index (χ0v) is 11.2. The largest absolute Gasteiger partial charge is 0.211 e. The van der Waals surface area contributed by atoms with Gasteiger partial charge >= 0.3 is 0 Å². The topological polar surface area (TPSA) is 43.1 Å². The molecule has 0 saturated carbocycles. The van der Waals surface area contributed by atoms with Crippen molar-refractivity contribution in [1.29, 1.82) is 0 Å². The Morgan fingerprint density at radius 2 is 1.33 bits per heavy atom. The van der Waals surface area contributed by atoms with Crippen LogP contribution in [0.1, 0.15) is 0 Å². The van der Waals surface area contributed by atoms with Crippen molar-refractivity contribution >= 4 is 5.65 Å². The third-order valence-corrected chi connectivity index (χ3v) is 3.41. The molecule has 2 aromatic heterocycles. The second-order valence-electron chi connectivity index (χ2n) is 4.73. The maximum absolute atomic E-state index is 4.41. The molecular weight excluding hydrogens is 260 g/mol. The standard InChI is InChI=1S/C17H12N4/c1-3-7-13(8-4-1)16-17(14-9-5-2-6-10-14)21-15(19-20-16)11-12-18-21/h1-12H. The van der Waals surface area contributed by atoms with Gasteiger partial charge in [0.05, 0.1) is 6.20 Å². The molecule has 0 saturated heterocycles. The molecule has 4 nitrogen and oxygen atoms in total. The predicted octanol–water partition coefficient (Wildman–Crippen LogP) is 3.46. The first-order chi connectivity index (χ1) is 10.4. The molecule has 0 aliphatic rings. The number of benzene rings is 2. The van der Waals surface area contributed by atoms with Crippen LogP contribution in [0.5, 0.6) is 0 Å². The summed E-state index contributed by atoms with van der Waals surface area (Å²) in [5, 5.41) is 13.1.